The van der Waals surface area contributed by atoms with Crippen LogP contribution in [0.3, 0.4) is 0 Å². The van der Waals surface area contributed by atoms with Crippen LogP contribution in [0.1, 0.15) is 0 Å². The Morgan fingerprint density at radius 2 is 2.22 bits per heavy atom. The Morgan fingerprint density at radius 3 is 2.33 bits per heavy atom. The molecule has 1 unspecified atom stereocenters. The van der Waals surface area contributed by atoms with Crippen molar-refractivity contribution >= 4 is 19.4 Å². The number of rotatable bonds is 3. The van der Waals surface area contributed by atoms with Crippen LogP contribution in [-0.4, -0.2) is 27.6 Å². The van der Waals surface area contributed by atoms with E-state index in [2.05, 4.69) is 5.73 Å². The zero-order chi connectivity index (χ0) is 7.49. The van der Waals surface area contributed by atoms with Crippen molar-refractivity contribution < 1.29 is 20.1 Å². The van der Waals surface area contributed by atoms with Gasteiger partial charge in [0.25, 0.3) is 0 Å². The molecule has 0 bridgehead atoms. The summed E-state index contributed by atoms with van der Waals surface area (Å²) in [6.07, 6.45) is 1.79. The fourth-order valence-corrected chi connectivity index (χ4v) is 1.90. The Labute approximate surface area is 58.0 Å². The number of hydrogen-bond donors (Lipinski definition) is 3. The molecule has 5 N–H and O–H groups in total. The molecular weight excluding hydrogens is 161 g/mol. The molecule has 1 atom stereocenters. The molecule has 0 rings (SSSR count). The normalized spacial score (nSPS) is 15.6. The molecule has 0 spiro atoms. The summed E-state index contributed by atoms with van der Waals surface area (Å²) in [5, 5.41) is 0. The van der Waals surface area contributed by atoms with E-state index in [4.69, 9.17) is 9.79 Å². The van der Waals surface area contributed by atoms with Crippen molar-refractivity contribution in [3.8, 4) is 0 Å². The second-order valence-corrected chi connectivity index (χ2v) is 4.52. The van der Waals surface area contributed by atoms with Crippen molar-refractivity contribution in [1.82, 2.24) is 0 Å². The van der Waals surface area contributed by atoms with Crippen molar-refractivity contribution in [1.29, 1.82) is 0 Å². The molecule has 6 heteroatoms. The quantitative estimate of drug-likeness (QED) is 0.481. The van der Waals surface area contributed by atoms with Crippen molar-refractivity contribution in [2.24, 2.45) is 0 Å². The number of quaternary nitrogens is 1. The first-order chi connectivity index (χ1) is 3.98. The lowest BCUT2D eigenvalue weighted by atomic mass is 10.8. The number of thioether (sulfide) groups is 1. The van der Waals surface area contributed by atoms with Crippen LogP contribution < -0.4 is 5.73 Å². The van der Waals surface area contributed by atoms with Gasteiger partial charge >= 0.3 is 7.60 Å². The lowest BCUT2D eigenvalue weighted by Crippen LogP contribution is -2.61. The summed E-state index contributed by atoms with van der Waals surface area (Å²) >= 11 is 1.38. The van der Waals surface area contributed by atoms with E-state index in [-0.39, 0.29) is 0 Å². The molecular formula is C3H11NO3PS+. The first-order valence-corrected chi connectivity index (χ1v) is 5.43. The summed E-state index contributed by atoms with van der Waals surface area (Å²) in [7, 11) is -3.91. The predicted octanol–water partition coefficient (Wildman–Crippen LogP) is -0.905. The number of hydrogen-bond acceptors (Lipinski definition) is 2. The Balaban J connectivity index is 3.74. The molecule has 0 fully saturated rings. The van der Waals surface area contributed by atoms with Gasteiger partial charge in [0, 0.05) is 0 Å². The van der Waals surface area contributed by atoms with E-state index in [0.717, 1.165) is 0 Å². The van der Waals surface area contributed by atoms with Gasteiger partial charge < -0.3 is 15.5 Å². The summed E-state index contributed by atoms with van der Waals surface area (Å²) in [6, 6.07) is 0. The van der Waals surface area contributed by atoms with E-state index in [0.29, 0.717) is 5.75 Å². The highest BCUT2D eigenvalue weighted by Gasteiger charge is 2.27. The fraction of sp³-hybridized carbons (Fsp3) is 1.00. The van der Waals surface area contributed by atoms with E-state index in [1.807, 2.05) is 0 Å². The van der Waals surface area contributed by atoms with Gasteiger partial charge in [0.15, 0.2) is 5.78 Å². The molecule has 4 nitrogen and oxygen atoms in total. The maximum absolute atomic E-state index is 10.3. The zero-order valence-corrected chi connectivity index (χ0v) is 6.86. The van der Waals surface area contributed by atoms with Crippen LogP contribution in [0, 0.1) is 0 Å². The molecule has 0 amide bonds. The molecule has 0 aliphatic carbocycles. The van der Waals surface area contributed by atoms with Crippen LogP contribution in [0.4, 0.5) is 0 Å². The second kappa shape index (κ2) is 3.58. The Morgan fingerprint density at radius 1 is 1.78 bits per heavy atom. The molecule has 0 aromatic rings. The summed E-state index contributed by atoms with van der Waals surface area (Å²) in [4.78, 5) is 16.9. The Bertz CT molecular complexity index is 124. The van der Waals surface area contributed by atoms with Crippen LogP contribution in [-0.2, 0) is 4.57 Å². The monoisotopic (exact) mass is 172 g/mol. The van der Waals surface area contributed by atoms with Gasteiger partial charge in [-0.2, -0.15) is 11.8 Å². The third-order valence-corrected chi connectivity index (χ3v) is 2.95. The van der Waals surface area contributed by atoms with E-state index in [9.17, 15) is 4.57 Å². The third kappa shape index (κ3) is 3.95. The minimum absolute atomic E-state index is 0.407. The third-order valence-electron chi connectivity index (χ3n) is 0.835. The highest BCUT2D eigenvalue weighted by molar-refractivity contribution is 7.98. The lowest BCUT2D eigenvalue weighted by Gasteiger charge is -2.06. The van der Waals surface area contributed by atoms with Crippen molar-refractivity contribution in [2.75, 3.05) is 12.0 Å². The van der Waals surface area contributed by atoms with Crippen LogP contribution in [0.5, 0.6) is 0 Å². The molecule has 0 saturated carbocycles. The van der Waals surface area contributed by atoms with Crippen molar-refractivity contribution in [2.45, 2.75) is 5.78 Å². The van der Waals surface area contributed by atoms with Crippen LogP contribution in [0.2, 0.25) is 0 Å². The van der Waals surface area contributed by atoms with Gasteiger partial charge in [0.05, 0.1) is 5.75 Å². The lowest BCUT2D eigenvalue weighted by molar-refractivity contribution is -0.386. The Kier molecular flexibility index (Phi) is 3.77. The Hall–Kier alpha value is 0.460. The maximum Gasteiger partial charge on any atom is 0.383 e. The van der Waals surface area contributed by atoms with E-state index < -0.39 is 13.4 Å². The standard InChI is InChI=1S/C3H10NO3PS/c1-9-2-3(4)8(5,6)7/h3H,2,4H2,1H3,(H2,5,6,7)/p+1. The molecule has 0 aromatic carbocycles. The largest absolute Gasteiger partial charge is 0.383 e. The van der Waals surface area contributed by atoms with E-state index in [1.54, 1.807) is 6.26 Å². The van der Waals surface area contributed by atoms with Crippen LogP contribution in [0.15, 0.2) is 0 Å². The van der Waals surface area contributed by atoms with Gasteiger partial charge in [-0.1, -0.05) is 0 Å². The van der Waals surface area contributed by atoms with Gasteiger partial charge in [-0.05, 0) is 6.26 Å². The van der Waals surface area contributed by atoms with Gasteiger partial charge in [-0.3, -0.25) is 4.57 Å². The van der Waals surface area contributed by atoms with E-state index >= 15 is 0 Å². The summed E-state index contributed by atoms with van der Waals surface area (Å²) in [5.74, 6) is -0.350. The van der Waals surface area contributed by atoms with Gasteiger partial charge in [0.2, 0.25) is 0 Å². The summed E-state index contributed by atoms with van der Waals surface area (Å²) < 4.78 is 10.3. The molecule has 56 valence electrons. The van der Waals surface area contributed by atoms with Crippen LogP contribution >= 0.6 is 19.4 Å². The maximum atomic E-state index is 10.3. The highest BCUT2D eigenvalue weighted by atomic mass is 32.2. The SMILES string of the molecule is CSCC([NH3+])P(=O)(O)O. The second-order valence-electron chi connectivity index (χ2n) is 1.70. The molecule has 0 aliphatic rings. The molecule has 0 heterocycles. The minimum atomic E-state index is -3.91. The highest BCUT2D eigenvalue weighted by Crippen LogP contribution is 2.37. The summed E-state index contributed by atoms with van der Waals surface area (Å²) in [5.41, 5.74) is 3.32. The van der Waals surface area contributed by atoms with E-state index in [1.165, 1.54) is 11.8 Å². The molecule has 0 aromatic heterocycles. The van der Waals surface area contributed by atoms with Gasteiger partial charge in [-0.15, -0.1) is 0 Å². The van der Waals surface area contributed by atoms with Crippen LogP contribution in [0.25, 0.3) is 0 Å². The average molecular weight is 172 g/mol. The fourth-order valence-electron chi connectivity index (χ4n) is 0.289. The van der Waals surface area contributed by atoms with Gasteiger partial charge in [0.1, 0.15) is 0 Å². The molecule has 9 heavy (non-hydrogen) atoms. The predicted molar refractivity (Wildman–Crippen MR) is 37.1 cm³/mol. The first-order valence-electron chi connectivity index (χ1n) is 2.35. The molecule has 0 saturated heterocycles. The minimum Gasteiger partial charge on any atom is -0.344 e. The van der Waals surface area contributed by atoms with Crippen molar-refractivity contribution in [3.05, 3.63) is 0 Å². The zero-order valence-electron chi connectivity index (χ0n) is 5.15. The summed E-state index contributed by atoms with van der Waals surface area (Å²) in [6.45, 7) is 0. The van der Waals surface area contributed by atoms with Gasteiger partial charge in [-0.25, -0.2) is 0 Å². The molecule has 0 aliphatic heterocycles. The topological polar surface area (TPSA) is 85.2 Å². The molecule has 0 radical (unpaired) electrons. The smallest absolute Gasteiger partial charge is 0.344 e. The first kappa shape index (κ1) is 9.46. The average Bonchev–Trinajstić information content (AvgIpc) is 1.64. The van der Waals surface area contributed by atoms with Crippen molar-refractivity contribution in [3.63, 3.8) is 0 Å².